The molecule has 6 nitrogen and oxygen atoms in total. The summed E-state index contributed by atoms with van der Waals surface area (Å²) < 4.78 is 0. The molecule has 1 aromatic heterocycles. The quantitative estimate of drug-likeness (QED) is 0.666. The molecule has 0 bridgehead atoms. The highest BCUT2D eigenvalue weighted by molar-refractivity contribution is 5.98. The highest BCUT2D eigenvalue weighted by Crippen LogP contribution is 2.19. The Balaban J connectivity index is 2.08. The minimum atomic E-state index is -1.01. The zero-order valence-corrected chi connectivity index (χ0v) is 16.0. The van der Waals surface area contributed by atoms with Gasteiger partial charge in [-0.3, -0.25) is 14.6 Å². The maximum Gasteiger partial charge on any atom is 0.252 e. The van der Waals surface area contributed by atoms with E-state index in [2.05, 4.69) is 29.5 Å². The predicted octanol–water partition coefficient (Wildman–Crippen LogP) is 2.39. The van der Waals surface area contributed by atoms with Gasteiger partial charge in [0.2, 0.25) is 5.91 Å². The number of benzene rings is 1. The molecule has 0 aliphatic carbocycles. The Hall–Kier alpha value is -2.73. The van der Waals surface area contributed by atoms with Gasteiger partial charge in [0.25, 0.3) is 5.91 Å². The van der Waals surface area contributed by atoms with Crippen LogP contribution in [-0.4, -0.2) is 40.6 Å². The average Bonchev–Trinajstić information content (AvgIpc) is 2.66. The molecule has 0 fully saturated rings. The van der Waals surface area contributed by atoms with Gasteiger partial charge in [0.1, 0.15) is 6.04 Å². The largest absolute Gasteiger partial charge is 0.391 e. The molecule has 3 N–H and O–H groups in total. The maximum atomic E-state index is 12.6. The van der Waals surface area contributed by atoms with Gasteiger partial charge in [0, 0.05) is 30.1 Å². The Morgan fingerprint density at radius 3 is 2.48 bits per heavy atom. The third kappa shape index (κ3) is 6.18. The van der Waals surface area contributed by atoms with Crippen molar-refractivity contribution in [2.24, 2.45) is 5.92 Å². The van der Waals surface area contributed by atoms with Crippen LogP contribution in [0.15, 0.2) is 48.8 Å². The number of aliphatic hydroxyl groups excluding tert-OH is 1. The lowest BCUT2D eigenvalue weighted by Crippen LogP contribution is -2.52. The van der Waals surface area contributed by atoms with Crippen LogP contribution in [0.1, 0.15) is 37.6 Å². The average molecular weight is 369 g/mol. The van der Waals surface area contributed by atoms with Crippen LogP contribution in [0.2, 0.25) is 0 Å². The van der Waals surface area contributed by atoms with Gasteiger partial charge in [-0.1, -0.05) is 32.0 Å². The molecule has 6 heteroatoms. The third-order valence-electron chi connectivity index (χ3n) is 4.19. The van der Waals surface area contributed by atoms with Gasteiger partial charge in [-0.15, -0.1) is 0 Å². The lowest BCUT2D eigenvalue weighted by atomic mass is 10.0. The summed E-state index contributed by atoms with van der Waals surface area (Å²) in [7, 11) is 0. The number of hydrogen-bond acceptors (Lipinski definition) is 4. The SMILES string of the molecule is CC(C)CCNC(=O)[C@@H](NC(=O)c1cccc(-c2cccnc2)c1)[C@@H](C)O. The number of aliphatic hydroxyl groups is 1. The van der Waals surface area contributed by atoms with Crippen molar-refractivity contribution >= 4 is 11.8 Å². The van der Waals surface area contributed by atoms with Gasteiger partial charge < -0.3 is 15.7 Å². The summed E-state index contributed by atoms with van der Waals surface area (Å²) in [6.07, 6.45) is 3.23. The first-order valence-electron chi connectivity index (χ1n) is 9.15. The van der Waals surface area contributed by atoms with E-state index < -0.39 is 18.1 Å². The van der Waals surface area contributed by atoms with Crippen LogP contribution in [0.25, 0.3) is 11.1 Å². The first-order valence-corrected chi connectivity index (χ1v) is 9.15. The molecule has 144 valence electrons. The van der Waals surface area contributed by atoms with Crippen LogP contribution in [0.3, 0.4) is 0 Å². The van der Waals surface area contributed by atoms with E-state index in [0.29, 0.717) is 18.0 Å². The van der Waals surface area contributed by atoms with E-state index in [1.54, 1.807) is 30.6 Å². The van der Waals surface area contributed by atoms with E-state index in [1.165, 1.54) is 6.92 Å². The van der Waals surface area contributed by atoms with Gasteiger partial charge >= 0.3 is 0 Å². The van der Waals surface area contributed by atoms with E-state index >= 15 is 0 Å². The summed E-state index contributed by atoms with van der Waals surface area (Å²) in [5, 5.41) is 15.3. The fourth-order valence-electron chi connectivity index (χ4n) is 2.60. The van der Waals surface area contributed by atoms with Crippen LogP contribution < -0.4 is 10.6 Å². The monoisotopic (exact) mass is 369 g/mol. The topological polar surface area (TPSA) is 91.3 Å². The van der Waals surface area contributed by atoms with E-state index in [9.17, 15) is 14.7 Å². The number of nitrogens with one attached hydrogen (secondary N) is 2. The lowest BCUT2D eigenvalue weighted by Gasteiger charge is -2.21. The van der Waals surface area contributed by atoms with Crippen molar-refractivity contribution in [3.8, 4) is 11.1 Å². The summed E-state index contributed by atoms with van der Waals surface area (Å²) in [6, 6.07) is 9.80. The fourth-order valence-corrected chi connectivity index (χ4v) is 2.60. The second kappa shape index (κ2) is 9.83. The first kappa shape index (κ1) is 20.6. The van der Waals surface area contributed by atoms with Gasteiger partial charge in [-0.25, -0.2) is 0 Å². The number of hydrogen-bond donors (Lipinski definition) is 3. The molecule has 0 unspecified atom stereocenters. The summed E-state index contributed by atoms with van der Waals surface area (Å²) >= 11 is 0. The highest BCUT2D eigenvalue weighted by atomic mass is 16.3. The van der Waals surface area contributed by atoms with Crippen LogP contribution in [-0.2, 0) is 4.79 Å². The number of amides is 2. The summed E-state index contributed by atoms with van der Waals surface area (Å²) in [4.78, 5) is 29.0. The minimum Gasteiger partial charge on any atom is -0.391 e. The van der Waals surface area contributed by atoms with E-state index in [1.807, 2.05) is 18.2 Å². The smallest absolute Gasteiger partial charge is 0.252 e. The zero-order valence-electron chi connectivity index (χ0n) is 16.0. The number of nitrogens with zero attached hydrogens (tertiary/aromatic N) is 1. The first-order chi connectivity index (χ1) is 12.9. The Bertz CT molecular complexity index is 760. The fraction of sp³-hybridized carbons (Fsp3) is 0.381. The van der Waals surface area contributed by atoms with Crippen LogP contribution in [0, 0.1) is 5.92 Å². The molecule has 0 spiro atoms. The molecule has 2 atom stereocenters. The minimum absolute atomic E-state index is 0.387. The number of pyridine rings is 1. The van der Waals surface area contributed by atoms with Crippen molar-refractivity contribution in [3.63, 3.8) is 0 Å². The van der Waals surface area contributed by atoms with E-state index in [-0.39, 0.29) is 5.91 Å². The van der Waals surface area contributed by atoms with Crippen molar-refractivity contribution < 1.29 is 14.7 Å². The number of aromatic nitrogens is 1. The third-order valence-corrected chi connectivity index (χ3v) is 4.19. The molecular formula is C21H27N3O3. The molecule has 0 saturated heterocycles. The van der Waals surface area contributed by atoms with Gasteiger partial charge in [-0.2, -0.15) is 0 Å². The molecule has 0 aliphatic rings. The summed E-state index contributed by atoms with van der Waals surface area (Å²) in [5.74, 6) is -0.340. The van der Waals surface area contributed by atoms with Gasteiger partial charge in [-0.05, 0) is 43.0 Å². The van der Waals surface area contributed by atoms with E-state index in [0.717, 1.165) is 17.5 Å². The van der Waals surface area contributed by atoms with Crippen LogP contribution >= 0.6 is 0 Å². The van der Waals surface area contributed by atoms with E-state index in [4.69, 9.17) is 0 Å². The molecule has 0 radical (unpaired) electrons. The number of rotatable bonds is 8. The predicted molar refractivity (Wildman–Crippen MR) is 105 cm³/mol. The second-order valence-corrected chi connectivity index (χ2v) is 6.99. The molecule has 0 aliphatic heterocycles. The molecule has 1 aromatic carbocycles. The molecule has 1 heterocycles. The standard InChI is InChI=1S/C21H27N3O3/c1-14(2)9-11-23-21(27)19(15(3)25)24-20(26)17-7-4-6-16(12-17)18-8-5-10-22-13-18/h4-8,10,12-15,19,25H,9,11H2,1-3H3,(H,23,27)(H,24,26)/t15-,19+/m1/s1. The molecular weight excluding hydrogens is 342 g/mol. The van der Waals surface area contributed by atoms with Crippen molar-refractivity contribution in [2.75, 3.05) is 6.54 Å². The second-order valence-electron chi connectivity index (χ2n) is 6.99. The van der Waals surface area contributed by atoms with Crippen molar-refractivity contribution in [1.29, 1.82) is 0 Å². The molecule has 2 rings (SSSR count). The maximum absolute atomic E-state index is 12.6. The molecule has 2 amide bonds. The summed E-state index contributed by atoms with van der Waals surface area (Å²) in [5.41, 5.74) is 2.16. The van der Waals surface area contributed by atoms with Crippen LogP contribution in [0.4, 0.5) is 0 Å². The van der Waals surface area contributed by atoms with Crippen molar-refractivity contribution in [3.05, 3.63) is 54.4 Å². The normalized spacial score (nSPS) is 13.1. The zero-order chi connectivity index (χ0) is 19.8. The Kier molecular flexibility index (Phi) is 7.49. The molecule has 27 heavy (non-hydrogen) atoms. The Morgan fingerprint density at radius 2 is 1.85 bits per heavy atom. The number of carbonyl (C=O) groups is 2. The molecule has 2 aromatic rings. The highest BCUT2D eigenvalue weighted by Gasteiger charge is 2.26. The van der Waals surface area contributed by atoms with Gasteiger partial charge in [0.15, 0.2) is 0 Å². The molecule has 0 saturated carbocycles. The summed E-state index contributed by atoms with van der Waals surface area (Å²) in [6.45, 7) is 6.12. The lowest BCUT2D eigenvalue weighted by molar-refractivity contribution is -0.125. The van der Waals surface area contributed by atoms with Gasteiger partial charge in [0.05, 0.1) is 6.10 Å². The van der Waals surface area contributed by atoms with Crippen molar-refractivity contribution in [2.45, 2.75) is 39.3 Å². The number of carbonyl (C=O) groups excluding carboxylic acids is 2. The van der Waals surface area contributed by atoms with Crippen LogP contribution in [0.5, 0.6) is 0 Å². The Morgan fingerprint density at radius 1 is 1.11 bits per heavy atom. The van der Waals surface area contributed by atoms with Crippen molar-refractivity contribution in [1.82, 2.24) is 15.6 Å². The Labute approximate surface area is 160 Å².